The SMILES string of the molecule is CCNC(COCC(F)(F)F)c1cc(Br)c(C)s1. The van der Waals surface area contributed by atoms with Gasteiger partial charge in [0.15, 0.2) is 0 Å². The quantitative estimate of drug-likeness (QED) is 0.839. The molecule has 18 heavy (non-hydrogen) atoms. The van der Waals surface area contributed by atoms with Crippen molar-refractivity contribution in [3.63, 3.8) is 0 Å². The van der Waals surface area contributed by atoms with Gasteiger partial charge in [0.05, 0.1) is 12.6 Å². The summed E-state index contributed by atoms with van der Waals surface area (Å²) >= 11 is 4.95. The Morgan fingerprint density at radius 2 is 2.17 bits per heavy atom. The van der Waals surface area contributed by atoms with E-state index >= 15 is 0 Å². The Balaban J connectivity index is 2.60. The zero-order valence-corrected chi connectivity index (χ0v) is 12.5. The summed E-state index contributed by atoms with van der Waals surface area (Å²) in [7, 11) is 0. The molecule has 7 heteroatoms. The summed E-state index contributed by atoms with van der Waals surface area (Å²) in [6.45, 7) is 3.35. The van der Waals surface area contributed by atoms with Gasteiger partial charge in [0.25, 0.3) is 0 Å². The highest BCUT2D eigenvalue weighted by atomic mass is 79.9. The van der Waals surface area contributed by atoms with Crippen LogP contribution in [-0.4, -0.2) is 25.9 Å². The lowest BCUT2D eigenvalue weighted by molar-refractivity contribution is -0.175. The van der Waals surface area contributed by atoms with Gasteiger partial charge >= 0.3 is 6.18 Å². The third-order valence-corrected chi connectivity index (χ3v) is 4.47. The zero-order chi connectivity index (χ0) is 13.8. The van der Waals surface area contributed by atoms with Crippen LogP contribution in [0, 0.1) is 6.92 Å². The second-order valence-corrected chi connectivity index (χ2v) is 5.94. The highest BCUT2D eigenvalue weighted by Crippen LogP contribution is 2.31. The van der Waals surface area contributed by atoms with Crippen LogP contribution in [0.2, 0.25) is 0 Å². The number of nitrogens with one attached hydrogen (secondary N) is 1. The molecule has 0 saturated heterocycles. The van der Waals surface area contributed by atoms with Gasteiger partial charge < -0.3 is 10.1 Å². The lowest BCUT2D eigenvalue weighted by Crippen LogP contribution is -2.27. The van der Waals surface area contributed by atoms with E-state index in [1.165, 1.54) is 0 Å². The average Bonchev–Trinajstić information content (AvgIpc) is 2.56. The first-order valence-electron chi connectivity index (χ1n) is 5.47. The van der Waals surface area contributed by atoms with Crippen molar-refractivity contribution < 1.29 is 17.9 Å². The normalized spacial score (nSPS) is 13.9. The average molecular weight is 346 g/mol. The molecule has 0 aromatic carbocycles. The molecule has 1 aromatic rings. The number of likely N-dealkylation sites (N-methyl/N-ethyl adjacent to an activating group) is 1. The molecule has 1 N–H and O–H groups in total. The maximum Gasteiger partial charge on any atom is 0.411 e. The Morgan fingerprint density at radius 1 is 1.50 bits per heavy atom. The summed E-state index contributed by atoms with van der Waals surface area (Å²) in [5, 5.41) is 3.12. The fourth-order valence-corrected chi connectivity index (χ4v) is 3.06. The van der Waals surface area contributed by atoms with Crippen LogP contribution in [0.25, 0.3) is 0 Å². The molecule has 1 atom stereocenters. The molecule has 0 aliphatic heterocycles. The monoisotopic (exact) mass is 345 g/mol. The predicted octanol–water partition coefficient (Wildman–Crippen LogP) is 4.05. The number of rotatable bonds is 6. The zero-order valence-electron chi connectivity index (χ0n) is 10.1. The van der Waals surface area contributed by atoms with Crippen molar-refractivity contribution in [2.24, 2.45) is 0 Å². The summed E-state index contributed by atoms with van der Waals surface area (Å²) in [5.41, 5.74) is 0. The molecule has 104 valence electrons. The Labute approximate surface area is 117 Å². The van der Waals surface area contributed by atoms with Gasteiger partial charge in [0, 0.05) is 14.2 Å². The van der Waals surface area contributed by atoms with E-state index in [4.69, 9.17) is 4.74 Å². The van der Waals surface area contributed by atoms with Crippen LogP contribution in [0.1, 0.15) is 22.7 Å². The number of halogens is 4. The maximum absolute atomic E-state index is 12.0. The van der Waals surface area contributed by atoms with Gasteiger partial charge in [-0.05, 0) is 35.5 Å². The standard InChI is InChI=1S/C11H15BrF3NOS/c1-3-16-9(5-17-6-11(13,14)15)10-4-8(12)7(2)18-10/h4,9,16H,3,5-6H2,1-2H3. The minimum Gasteiger partial charge on any atom is -0.370 e. The molecule has 0 saturated carbocycles. The highest BCUT2D eigenvalue weighted by Gasteiger charge is 2.28. The third kappa shape index (κ3) is 5.26. The minimum absolute atomic E-state index is 0.0136. The fraction of sp³-hybridized carbons (Fsp3) is 0.636. The van der Waals surface area contributed by atoms with Crippen LogP contribution in [0.5, 0.6) is 0 Å². The van der Waals surface area contributed by atoms with Gasteiger partial charge in [0.2, 0.25) is 0 Å². The molecule has 1 aromatic heterocycles. The van der Waals surface area contributed by atoms with E-state index in [-0.39, 0.29) is 12.6 Å². The number of alkyl halides is 3. The molecule has 0 aliphatic rings. The largest absolute Gasteiger partial charge is 0.411 e. The summed E-state index contributed by atoms with van der Waals surface area (Å²) in [4.78, 5) is 2.08. The first-order chi connectivity index (χ1) is 8.33. The molecule has 2 nitrogen and oxygen atoms in total. The Hall–Kier alpha value is -0.110. The molecule has 1 heterocycles. The predicted molar refractivity (Wildman–Crippen MR) is 70.0 cm³/mol. The first-order valence-corrected chi connectivity index (χ1v) is 7.08. The van der Waals surface area contributed by atoms with Crippen LogP contribution >= 0.6 is 27.3 Å². The second-order valence-electron chi connectivity index (χ2n) is 3.79. The Kier molecular flexibility index (Phi) is 6.10. The van der Waals surface area contributed by atoms with E-state index in [0.29, 0.717) is 6.54 Å². The van der Waals surface area contributed by atoms with Crippen molar-refractivity contribution in [1.29, 1.82) is 0 Å². The van der Waals surface area contributed by atoms with E-state index in [1.807, 2.05) is 19.9 Å². The van der Waals surface area contributed by atoms with Gasteiger partial charge in [0.1, 0.15) is 6.61 Å². The van der Waals surface area contributed by atoms with Gasteiger partial charge in [-0.3, -0.25) is 0 Å². The van der Waals surface area contributed by atoms with Crippen molar-refractivity contribution >= 4 is 27.3 Å². The molecule has 0 radical (unpaired) electrons. The topological polar surface area (TPSA) is 21.3 Å². The molecule has 0 bridgehead atoms. The summed E-state index contributed by atoms with van der Waals surface area (Å²) < 4.78 is 41.7. The van der Waals surface area contributed by atoms with Gasteiger partial charge in [-0.2, -0.15) is 13.2 Å². The molecule has 0 spiro atoms. The molecule has 0 aliphatic carbocycles. The van der Waals surface area contributed by atoms with Gasteiger partial charge in [-0.25, -0.2) is 0 Å². The van der Waals surface area contributed by atoms with E-state index < -0.39 is 12.8 Å². The Morgan fingerprint density at radius 3 is 2.61 bits per heavy atom. The van der Waals surface area contributed by atoms with Crippen LogP contribution in [0.4, 0.5) is 13.2 Å². The van der Waals surface area contributed by atoms with Crippen molar-refractivity contribution in [3.8, 4) is 0 Å². The van der Waals surface area contributed by atoms with E-state index in [2.05, 4.69) is 21.2 Å². The number of hydrogen-bond donors (Lipinski definition) is 1. The second kappa shape index (κ2) is 6.88. The van der Waals surface area contributed by atoms with Gasteiger partial charge in [-0.15, -0.1) is 11.3 Å². The lowest BCUT2D eigenvalue weighted by atomic mass is 10.2. The van der Waals surface area contributed by atoms with Crippen LogP contribution < -0.4 is 5.32 Å². The van der Waals surface area contributed by atoms with E-state index in [1.54, 1.807) is 11.3 Å². The smallest absolute Gasteiger partial charge is 0.370 e. The third-order valence-electron chi connectivity index (χ3n) is 2.22. The maximum atomic E-state index is 12.0. The van der Waals surface area contributed by atoms with Crippen molar-refractivity contribution in [1.82, 2.24) is 5.32 Å². The Bertz CT molecular complexity index is 361. The van der Waals surface area contributed by atoms with Crippen LogP contribution in [-0.2, 0) is 4.74 Å². The fourth-order valence-electron chi connectivity index (χ4n) is 1.43. The number of aryl methyl sites for hydroxylation is 1. The number of hydrogen-bond acceptors (Lipinski definition) is 3. The lowest BCUT2D eigenvalue weighted by Gasteiger charge is -2.17. The molecular formula is C11H15BrF3NOS. The minimum atomic E-state index is -4.28. The summed E-state index contributed by atoms with van der Waals surface area (Å²) in [5.74, 6) is 0. The summed E-state index contributed by atoms with van der Waals surface area (Å²) in [6.07, 6.45) is -4.28. The van der Waals surface area contributed by atoms with Crippen molar-refractivity contribution in [2.75, 3.05) is 19.8 Å². The first kappa shape index (κ1) is 15.9. The van der Waals surface area contributed by atoms with E-state index in [0.717, 1.165) is 14.2 Å². The van der Waals surface area contributed by atoms with Crippen LogP contribution in [0.15, 0.2) is 10.5 Å². The van der Waals surface area contributed by atoms with Crippen molar-refractivity contribution in [2.45, 2.75) is 26.1 Å². The molecule has 1 rings (SSSR count). The highest BCUT2D eigenvalue weighted by molar-refractivity contribution is 9.10. The van der Waals surface area contributed by atoms with Crippen molar-refractivity contribution in [3.05, 3.63) is 20.3 Å². The molecular weight excluding hydrogens is 331 g/mol. The molecule has 0 fully saturated rings. The number of thiophene rings is 1. The molecule has 1 unspecified atom stereocenters. The van der Waals surface area contributed by atoms with E-state index in [9.17, 15) is 13.2 Å². The van der Waals surface area contributed by atoms with Crippen LogP contribution in [0.3, 0.4) is 0 Å². The number of ether oxygens (including phenoxy) is 1. The summed E-state index contributed by atoms with van der Waals surface area (Å²) in [6, 6.07) is 1.72. The molecule has 0 amide bonds. The van der Waals surface area contributed by atoms with Gasteiger partial charge in [-0.1, -0.05) is 6.92 Å².